The number of nitrogens with one attached hydrogen (secondary N) is 1. The molecular formula is C18H13BrN6OS2. The van der Waals surface area contributed by atoms with Gasteiger partial charge in [-0.05, 0) is 34.7 Å². The van der Waals surface area contributed by atoms with E-state index in [2.05, 4.69) is 41.8 Å². The molecule has 2 aromatic heterocycles. The fourth-order valence-electron chi connectivity index (χ4n) is 2.37. The van der Waals surface area contributed by atoms with Crippen LogP contribution in [0.25, 0.3) is 16.9 Å². The van der Waals surface area contributed by atoms with Crippen molar-refractivity contribution in [2.75, 3.05) is 11.1 Å². The van der Waals surface area contributed by atoms with Gasteiger partial charge in [0.15, 0.2) is 5.13 Å². The van der Waals surface area contributed by atoms with Gasteiger partial charge in [0.1, 0.15) is 0 Å². The van der Waals surface area contributed by atoms with Crippen LogP contribution in [0, 0.1) is 0 Å². The molecule has 28 heavy (non-hydrogen) atoms. The quantitative estimate of drug-likeness (QED) is 0.421. The summed E-state index contributed by atoms with van der Waals surface area (Å²) < 4.78 is 2.61. The smallest absolute Gasteiger partial charge is 0.236 e. The molecule has 0 spiro atoms. The summed E-state index contributed by atoms with van der Waals surface area (Å²) in [5, 5.41) is 17.5. The number of rotatable bonds is 6. The summed E-state index contributed by atoms with van der Waals surface area (Å²) in [5.41, 5.74) is 2.67. The van der Waals surface area contributed by atoms with Crippen molar-refractivity contribution in [3.8, 4) is 16.9 Å². The number of hydrogen-bond acceptors (Lipinski definition) is 7. The predicted molar refractivity (Wildman–Crippen MR) is 114 cm³/mol. The average Bonchev–Trinajstić information content (AvgIpc) is 3.37. The fraction of sp³-hybridized carbons (Fsp3) is 0.0556. The van der Waals surface area contributed by atoms with E-state index in [0.717, 1.165) is 21.4 Å². The van der Waals surface area contributed by atoms with Gasteiger partial charge in [0, 0.05) is 15.4 Å². The van der Waals surface area contributed by atoms with E-state index in [1.807, 2.05) is 60.0 Å². The summed E-state index contributed by atoms with van der Waals surface area (Å²) in [6.45, 7) is 0. The minimum Gasteiger partial charge on any atom is -0.301 e. The van der Waals surface area contributed by atoms with Crippen molar-refractivity contribution in [2.24, 2.45) is 0 Å². The van der Waals surface area contributed by atoms with Gasteiger partial charge in [-0.25, -0.2) is 4.98 Å². The minimum absolute atomic E-state index is 0.163. The molecule has 0 saturated heterocycles. The topological polar surface area (TPSA) is 85.6 Å². The minimum atomic E-state index is -0.163. The van der Waals surface area contributed by atoms with Gasteiger partial charge >= 0.3 is 0 Å². The van der Waals surface area contributed by atoms with Crippen LogP contribution in [0.5, 0.6) is 0 Å². The fourth-order valence-corrected chi connectivity index (χ4v) is 4.06. The number of aromatic nitrogens is 5. The Morgan fingerprint density at radius 3 is 2.71 bits per heavy atom. The summed E-state index contributed by atoms with van der Waals surface area (Å²) in [5.74, 6) is 0.0183. The number of thiazole rings is 1. The highest BCUT2D eigenvalue weighted by molar-refractivity contribution is 9.10. The first-order valence-corrected chi connectivity index (χ1v) is 10.8. The van der Waals surface area contributed by atoms with E-state index >= 15 is 0 Å². The Kier molecular flexibility index (Phi) is 5.79. The molecule has 0 atom stereocenters. The molecule has 0 aliphatic rings. The monoisotopic (exact) mass is 472 g/mol. The molecule has 1 amide bonds. The highest BCUT2D eigenvalue weighted by Crippen LogP contribution is 2.26. The first-order chi connectivity index (χ1) is 13.7. The zero-order valence-electron chi connectivity index (χ0n) is 14.3. The molecule has 0 fully saturated rings. The third kappa shape index (κ3) is 4.46. The lowest BCUT2D eigenvalue weighted by Crippen LogP contribution is -2.14. The molecule has 2 heterocycles. The summed E-state index contributed by atoms with van der Waals surface area (Å²) in [6, 6.07) is 17.4. The van der Waals surface area contributed by atoms with Gasteiger partial charge in [-0.1, -0.05) is 58.0 Å². The maximum absolute atomic E-state index is 12.3. The Labute approximate surface area is 177 Å². The summed E-state index contributed by atoms with van der Waals surface area (Å²) in [4.78, 5) is 16.8. The van der Waals surface area contributed by atoms with Gasteiger partial charge in [-0.15, -0.1) is 16.4 Å². The standard InChI is InChI=1S/C18H13BrN6OS2/c19-13-8-6-12(7-9-13)15-10-27-17(20-15)21-16(26)11-28-18-22-23-24-25(18)14-4-2-1-3-5-14/h1-10H,11H2,(H,20,21,26). The number of carbonyl (C=O) groups is 1. The van der Waals surface area contributed by atoms with Crippen molar-refractivity contribution in [1.82, 2.24) is 25.2 Å². The van der Waals surface area contributed by atoms with Gasteiger partial charge in [0.05, 0.1) is 17.1 Å². The van der Waals surface area contributed by atoms with Crippen LogP contribution < -0.4 is 5.32 Å². The van der Waals surface area contributed by atoms with E-state index in [0.29, 0.717) is 10.3 Å². The average molecular weight is 473 g/mol. The van der Waals surface area contributed by atoms with Crippen LogP contribution in [-0.2, 0) is 4.79 Å². The number of benzene rings is 2. The van der Waals surface area contributed by atoms with Gasteiger partial charge in [-0.3, -0.25) is 4.79 Å². The number of carbonyl (C=O) groups excluding carboxylic acids is 1. The van der Waals surface area contributed by atoms with Crippen LogP contribution >= 0.6 is 39.0 Å². The number of halogens is 1. The van der Waals surface area contributed by atoms with Crippen LogP contribution in [0.3, 0.4) is 0 Å². The Balaban J connectivity index is 1.37. The van der Waals surface area contributed by atoms with Crippen LogP contribution in [0.2, 0.25) is 0 Å². The number of para-hydroxylation sites is 1. The molecule has 4 aromatic rings. The Morgan fingerprint density at radius 2 is 1.93 bits per heavy atom. The van der Waals surface area contributed by atoms with Crippen LogP contribution in [0.4, 0.5) is 5.13 Å². The molecular weight excluding hydrogens is 460 g/mol. The van der Waals surface area contributed by atoms with E-state index in [1.54, 1.807) is 4.68 Å². The number of hydrogen-bond donors (Lipinski definition) is 1. The predicted octanol–water partition coefficient (Wildman–Crippen LogP) is 4.28. The number of anilines is 1. The summed E-state index contributed by atoms with van der Waals surface area (Å²) >= 11 is 6.07. The van der Waals surface area contributed by atoms with Crippen molar-refractivity contribution in [3.05, 3.63) is 64.5 Å². The molecule has 0 aliphatic heterocycles. The van der Waals surface area contributed by atoms with E-state index in [1.165, 1.54) is 23.1 Å². The van der Waals surface area contributed by atoms with Crippen molar-refractivity contribution in [2.45, 2.75) is 5.16 Å². The zero-order chi connectivity index (χ0) is 19.3. The maximum atomic E-state index is 12.3. The first kappa shape index (κ1) is 18.8. The van der Waals surface area contributed by atoms with E-state index < -0.39 is 0 Å². The van der Waals surface area contributed by atoms with E-state index in [9.17, 15) is 4.79 Å². The zero-order valence-corrected chi connectivity index (χ0v) is 17.5. The third-order valence-corrected chi connectivity index (χ3v) is 5.87. The lowest BCUT2D eigenvalue weighted by Gasteiger charge is -2.04. The Bertz CT molecular complexity index is 1080. The van der Waals surface area contributed by atoms with E-state index in [4.69, 9.17) is 0 Å². The van der Waals surface area contributed by atoms with Gasteiger partial charge in [0.25, 0.3) is 0 Å². The first-order valence-electron chi connectivity index (χ1n) is 8.17. The molecule has 140 valence electrons. The number of thioether (sulfide) groups is 1. The molecule has 0 aliphatic carbocycles. The maximum Gasteiger partial charge on any atom is 0.236 e. The van der Waals surface area contributed by atoms with Gasteiger partial charge < -0.3 is 5.32 Å². The van der Waals surface area contributed by atoms with Crippen molar-refractivity contribution in [1.29, 1.82) is 0 Å². The van der Waals surface area contributed by atoms with E-state index in [-0.39, 0.29) is 11.7 Å². The largest absolute Gasteiger partial charge is 0.301 e. The lowest BCUT2D eigenvalue weighted by molar-refractivity contribution is -0.113. The van der Waals surface area contributed by atoms with Gasteiger partial charge in [0.2, 0.25) is 11.1 Å². The third-order valence-electron chi connectivity index (χ3n) is 3.66. The normalized spacial score (nSPS) is 10.8. The molecule has 7 nitrogen and oxygen atoms in total. The molecule has 2 aromatic carbocycles. The molecule has 0 radical (unpaired) electrons. The molecule has 0 saturated carbocycles. The highest BCUT2D eigenvalue weighted by atomic mass is 79.9. The Hall–Kier alpha value is -2.56. The van der Waals surface area contributed by atoms with Crippen molar-refractivity contribution < 1.29 is 4.79 Å². The van der Waals surface area contributed by atoms with Crippen LogP contribution in [0.1, 0.15) is 0 Å². The molecule has 0 unspecified atom stereocenters. The molecule has 1 N–H and O–H groups in total. The number of amides is 1. The highest BCUT2D eigenvalue weighted by Gasteiger charge is 2.13. The second kappa shape index (κ2) is 8.63. The second-order valence-electron chi connectivity index (χ2n) is 5.59. The lowest BCUT2D eigenvalue weighted by atomic mass is 10.2. The Morgan fingerprint density at radius 1 is 1.14 bits per heavy atom. The van der Waals surface area contributed by atoms with Crippen LogP contribution in [-0.4, -0.2) is 36.9 Å². The second-order valence-corrected chi connectivity index (χ2v) is 8.31. The van der Waals surface area contributed by atoms with Crippen LogP contribution in [0.15, 0.2) is 69.6 Å². The molecule has 4 rings (SSSR count). The summed E-state index contributed by atoms with van der Waals surface area (Å²) in [7, 11) is 0. The number of tetrazole rings is 1. The SMILES string of the molecule is O=C(CSc1nnnn1-c1ccccc1)Nc1nc(-c2ccc(Br)cc2)cs1. The number of nitrogens with zero attached hydrogens (tertiary/aromatic N) is 5. The van der Waals surface area contributed by atoms with Crippen molar-refractivity contribution >= 4 is 50.1 Å². The summed E-state index contributed by atoms with van der Waals surface area (Å²) in [6.07, 6.45) is 0. The van der Waals surface area contributed by atoms with Crippen molar-refractivity contribution in [3.63, 3.8) is 0 Å². The van der Waals surface area contributed by atoms with Gasteiger partial charge in [-0.2, -0.15) is 4.68 Å². The molecule has 0 bridgehead atoms. The molecule has 10 heteroatoms.